The second-order valence-corrected chi connectivity index (χ2v) is 12.4. The molecule has 42 heavy (non-hydrogen) atoms. The molecule has 5 rings (SSSR count). The summed E-state index contributed by atoms with van der Waals surface area (Å²) in [6.45, 7) is 4.60. The number of carbonyl (C=O) groups excluding carboxylic acids is 3. The van der Waals surface area contributed by atoms with Crippen LogP contribution in [0.2, 0.25) is 0 Å². The first-order valence-corrected chi connectivity index (χ1v) is 15.5. The van der Waals surface area contributed by atoms with Crippen molar-refractivity contribution in [3.63, 3.8) is 0 Å². The van der Waals surface area contributed by atoms with Gasteiger partial charge in [0.15, 0.2) is 11.4 Å². The molecule has 1 aromatic rings. The molecule has 0 bridgehead atoms. The molecule has 4 aliphatic rings. The van der Waals surface area contributed by atoms with Gasteiger partial charge >= 0.3 is 5.97 Å². The second-order valence-electron chi connectivity index (χ2n) is 12.4. The number of Topliss-reactive ketones (excluding diaryl/α,β-unsaturated/α-hetero) is 2. The van der Waals surface area contributed by atoms with Gasteiger partial charge < -0.3 is 25.6 Å². The number of unbranched alkanes of at least 4 members (excludes halogenated alkanes) is 3. The highest BCUT2D eigenvalue weighted by molar-refractivity contribution is 6.32. The van der Waals surface area contributed by atoms with Gasteiger partial charge in [-0.3, -0.25) is 9.59 Å². The van der Waals surface area contributed by atoms with Gasteiger partial charge in [-0.15, -0.1) is 0 Å². The van der Waals surface area contributed by atoms with Gasteiger partial charge in [-0.2, -0.15) is 0 Å². The molecule has 0 radical (unpaired) electrons. The molecule has 226 valence electrons. The van der Waals surface area contributed by atoms with Crippen molar-refractivity contribution in [3.8, 4) is 0 Å². The molecule has 1 saturated heterocycles. The molecular formula is C34H44N2O6. The Morgan fingerprint density at radius 1 is 1.05 bits per heavy atom. The Kier molecular flexibility index (Phi) is 8.76. The Balaban J connectivity index is 1.47. The van der Waals surface area contributed by atoms with Gasteiger partial charge in [0.25, 0.3) is 5.60 Å². The number of epoxide rings is 1. The minimum atomic E-state index is -2.03. The van der Waals surface area contributed by atoms with Crippen LogP contribution >= 0.6 is 0 Å². The van der Waals surface area contributed by atoms with Gasteiger partial charge in [-0.25, -0.2) is 4.79 Å². The van der Waals surface area contributed by atoms with Gasteiger partial charge in [0.1, 0.15) is 0 Å². The third-order valence-corrected chi connectivity index (χ3v) is 9.70. The Bertz CT molecular complexity index is 1340. The van der Waals surface area contributed by atoms with Crippen LogP contribution in [0.3, 0.4) is 0 Å². The van der Waals surface area contributed by atoms with Crippen LogP contribution in [0.15, 0.2) is 59.0 Å². The summed E-state index contributed by atoms with van der Waals surface area (Å²) in [5.41, 5.74) is 5.44. The minimum Gasteiger partial charge on any atom is -0.463 e. The van der Waals surface area contributed by atoms with E-state index in [2.05, 4.69) is 18.3 Å². The maximum absolute atomic E-state index is 14.0. The Labute approximate surface area is 248 Å². The summed E-state index contributed by atoms with van der Waals surface area (Å²) in [7, 11) is 0. The van der Waals surface area contributed by atoms with Crippen LogP contribution < -0.4 is 11.1 Å². The van der Waals surface area contributed by atoms with Crippen molar-refractivity contribution in [2.75, 3.05) is 19.8 Å². The van der Waals surface area contributed by atoms with Gasteiger partial charge in [0, 0.05) is 24.1 Å². The van der Waals surface area contributed by atoms with E-state index in [4.69, 9.17) is 15.2 Å². The predicted octanol–water partition coefficient (Wildman–Crippen LogP) is 5.07. The van der Waals surface area contributed by atoms with Crippen molar-refractivity contribution >= 4 is 17.5 Å². The van der Waals surface area contributed by atoms with Gasteiger partial charge in [-0.05, 0) is 55.2 Å². The van der Waals surface area contributed by atoms with Gasteiger partial charge in [0.2, 0.25) is 5.78 Å². The van der Waals surface area contributed by atoms with E-state index in [0.29, 0.717) is 30.8 Å². The third kappa shape index (κ3) is 5.13. The number of nitrogens with one attached hydrogen (secondary N) is 1. The lowest BCUT2D eigenvalue weighted by Crippen LogP contribution is -2.51. The first kappa shape index (κ1) is 30.2. The molecule has 1 saturated carbocycles. The number of aliphatic hydroxyl groups is 1. The number of hydrogen-bond acceptors (Lipinski definition) is 8. The van der Waals surface area contributed by atoms with Crippen LogP contribution in [0, 0.1) is 5.41 Å². The van der Waals surface area contributed by atoms with E-state index in [9.17, 15) is 19.5 Å². The van der Waals surface area contributed by atoms with Crippen LogP contribution in [0.4, 0.5) is 0 Å². The number of hydrogen-bond donors (Lipinski definition) is 3. The Morgan fingerprint density at radius 2 is 1.76 bits per heavy atom. The van der Waals surface area contributed by atoms with E-state index < -0.39 is 28.7 Å². The second kappa shape index (κ2) is 12.2. The number of aliphatic hydroxyl groups excluding tert-OH is 1. The number of rotatable bonds is 12. The Morgan fingerprint density at radius 3 is 2.43 bits per heavy atom. The highest BCUT2D eigenvalue weighted by Gasteiger charge is 2.85. The zero-order chi connectivity index (χ0) is 30.0. The topological polar surface area (TPSA) is 131 Å². The SMILES string of the molecule is CCCCCCOC(=O)[C@]12O[C@@]1(C/C(CO)=C(\C)CC1(C3=CCNC(N)=C3)CCCCC1)C(=O)c1ccccc1C2=O. The fourth-order valence-electron chi connectivity index (χ4n) is 7.29. The minimum absolute atomic E-state index is 0.0478. The van der Waals surface area contributed by atoms with Gasteiger partial charge in [0.05, 0.1) is 19.0 Å². The quantitative estimate of drug-likeness (QED) is 0.103. The van der Waals surface area contributed by atoms with E-state index in [0.717, 1.165) is 50.5 Å². The van der Waals surface area contributed by atoms with E-state index in [1.165, 1.54) is 12.0 Å². The van der Waals surface area contributed by atoms with E-state index in [-0.39, 0.29) is 36.2 Å². The highest BCUT2D eigenvalue weighted by atomic mass is 16.7. The molecule has 0 unspecified atom stereocenters. The van der Waals surface area contributed by atoms with Crippen molar-refractivity contribution in [1.82, 2.24) is 5.32 Å². The molecule has 2 heterocycles. The number of benzene rings is 1. The van der Waals surface area contributed by atoms with Crippen molar-refractivity contribution in [2.45, 2.75) is 95.7 Å². The summed E-state index contributed by atoms with van der Waals surface area (Å²) >= 11 is 0. The summed E-state index contributed by atoms with van der Waals surface area (Å²) in [6, 6.07) is 6.54. The number of dihydropyridines is 1. The number of ketones is 2. The molecule has 2 aliphatic carbocycles. The maximum Gasteiger partial charge on any atom is 0.350 e. The molecule has 2 atom stereocenters. The summed E-state index contributed by atoms with van der Waals surface area (Å²) in [5.74, 6) is -1.13. The number of ether oxygens (including phenoxy) is 2. The predicted molar refractivity (Wildman–Crippen MR) is 160 cm³/mol. The van der Waals surface area contributed by atoms with Crippen molar-refractivity contribution in [2.24, 2.45) is 11.1 Å². The van der Waals surface area contributed by atoms with Crippen molar-refractivity contribution in [1.29, 1.82) is 0 Å². The number of esters is 1. The fraction of sp³-hybridized carbons (Fsp3) is 0.559. The van der Waals surface area contributed by atoms with Crippen LogP contribution in [0.25, 0.3) is 0 Å². The van der Waals surface area contributed by atoms with Crippen molar-refractivity contribution < 1.29 is 29.0 Å². The van der Waals surface area contributed by atoms with E-state index >= 15 is 0 Å². The molecule has 1 aromatic carbocycles. The average molecular weight is 577 g/mol. The smallest absolute Gasteiger partial charge is 0.350 e. The van der Waals surface area contributed by atoms with E-state index in [1.54, 1.807) is 24.3 Å². The lowest BCUT2D eigenvalue weighted by atomic mass is 9.64. The summed E-state index contributed by atoms with van der Waals surface area (Å²) in [4.78, 5) is 41.5. The molecular weight excluding hydrogens is 532 g/mol. The summed E-state index contributed by atoms with van der Waals surface area (Å²) < 4.78 is 11.7. The molecule has 0 spiro atoms. The first-order chi connectivity index (χ1) is 20.2. The van der Waals surface area contributed by atoms with Crippen LogP contribution in [-0.2, 0) is 14.3 Å². The van der Waals surface area contributed by atoms with Gasteiger partial charge in [-0.1, -0.05) is 81.4 Å². The molecule has 0 amide bonds. The van der Waals surface area contributed by atoms with Crippen LogP contribution in [0.5, 0.6) is 0 Å². The Hall–Kier alpha value is -3.23. The number of allylic oxidation sites excluding steroid dienone is 3. The largest absolute Gasteiger partial charge is 0.463 e. The van der Waals surface area contributed by atoms with Crippen molar-refractivity contribution in [3.05, 3.63) is 70.1 Å². The standard InChI is InChI=1S/C34H44N2O6/c1-3-4-5-11-18-41-31(40)34-30(39)27-13-8-7-12-26(27)29(38)33(34,42-34)21-24(22-37)23(2)20-32(15-9-6-10-16-32)25-14-17-36-28(35)19-25/h7-8,12-14,19,36-37H,3-6,9-11,15-18,20-22,35H2,1-2H3/b24-23-/t33-,34-/m0/s1. The molecule has 2 aliphatic heterocycles. The summed E-state index contributed by atoms with van der Waals surface area (Å²) in [5, 5.41) is 13.8. The number of carbonyl (C=O) groups is 3. The maximum atomic E-state index is 14.0. The molecule has 2 fully saturated rings. The normalized spacial score (nSPS) is 26.6. The summed E-state index contributed by atoms with van der Waals surface area (Å²) in [6.07, 6.45) is 13.9. The molecule has 4 N–H and O–H groups in total. The zero-order valence-corrected chi connectivity index (χ0v) is 24.9. The number of nitrogens with two attached hydrogens (primary N) is 1. The third-order valence-electron chi connectivity index (χ3n) is 9.70. The zero-order valence-electron chi connectivity index (χ0n) is 24.9. The fourth-order valence-corrected chi connectivity index (χ4v) is 7.29. The molecule has 8 heteroatoms. The first-order valence-electron chi connectivity index (χ1n) is 15.5. The average Bonchev–Trinajstić information content (AvgIpc) is 3.70. The van der Waals surface area contributed by atoms with E-state index in [1.807, 2.05) is 13.0 Å². The van der Waals surface area contributed by atoms with Crippen LogP contribution in [-0.4, -0.2) is 53.6 Å². The lowest BCUT2D eigenvalue weighted by molar-refractivity contribution is -0.148. The molecule has 0 aromatic heterocycles. The molecule has 8 nitrogen and oxygen atoms in total. The monoisotopic (exact) mass is 576 g/mol. The number of fused-ring (bicyclic) bond motifs is 2. The van der Waals surface area contributed by atoms with Crippen LogP contribution in [0.1, 0.15) is 105 Å². The lowest BCUT2D eigenvalue weighted by Gasteiger charge is -2.41. The highest BCUT2D eigenvalue weighted by Crippen LogP contribution is 2.60.